The predicted molar refractivity (Wildman–Crippen MR) is 71.6 cm³/mol. The highest BCUT2D eigenvalue weighted by atomic mass is 32.2. The summed E-state index contributed by atoms with van der Waals surface area (Å²) in [5.74, 6) is 0.429. The fourth-order valence-corrected chi connectivity index (χ4v) is 1.57. The smallest absolute Gasteiger partial charge is 0.269 e. The minimum atomic E-state index is -0.354. The lowest BCUT2D eigenvalue weighted by Gasteiger charge is -2.07. The van der Waals surface area contributed by atoms with E-state index in [1.807, 2.05) is 13.2 Å². The van der Waals surface area contributed by atoms with E-state index >= 15 is 0 Å². The minimum absolute atomic E-state index is 0.234. The zero-order valence-electron chi connectivity index (χ0n) is 10.4. The Hall–Kier alpha value is -1.69. The molecule has 6 heteroatoms. The second-order valence-corrected chi connectivity index (χ2v) is 4.26. The van der Waals surface area contributed by atoms with Crippen molar-refractivity contribution in [3.8, 4) is 5.75 Å². The molecule has 18 heavy (non-hydrogen) atoms. The SMILES string of the molecule is CCOc1ccc(C(=O)NNC(=O)CSC)cc1. The van der Waals surface area contributed by atoms with Crippen LogP contribution in [0.5, 0.6) is 5.75 Å². The fraction of sp³-hybridized carbons (Fsp3) is 0.333. The number of hydrogen-bond acceptors (Lipinski definition) is 4. The van der Waals surface area contributed by atoms with Crippen molar-refractivity contribution in [1.82, 2.24) is 10.9 Å². The first kappa shape index (κ1) is 14.4. The number of rotatable bonds is 5. The van der Waals surface area contributed by atoms with E-state index in [9.17, 15) is 9.59 Å². The molecule has 1 rings (SSSR count). The van der Waals surface area contributed by atoms with Gasteiger partial charge in [-0.3, -0.25) is 20.4 Å². The summed E-state index contributed by atoms with van der Waals surface area (Å²) >= 11 is 1.38. The summed E-state index contributed by atoms with van der Waals surface area (Å²) < 4.78 is 5.27. The number of nitrogens with one attached hydrogen (secondary N) is 2. The lowest BCUT2D eigenvalue weighted by molar-refractivity contribution is -0.119. The van der Waals surface area contributed by atoms with Crippen LogP contribution in [0.3, 0.4) is 0 Å². The van der Waals surface area contributed by atoms with Crippen molar-refractivity contribution in [1.29, 1.82) is 0 Å². The molecular formula is C12H16N2O3S. The molecule has 0 saturated heterocycles. The second-order valence-electron chi connectivity index (χ2n) is 3.39. The molecule has 1 aromatic carbocycles. The van der Waals surface area contributed by atoms with Crippen LogP contribution in [0.4, 0.5) is 0 Å². The van der Waals surface area contributed by atoms with Crippen LogP contribution in [0.2, 0.25) is 0 Å². The maximum Gasteiger partial charge on any atom is 0.269 e. The van der Waals surface area contributed by atoms with Crippen molar-refractivity contribution < 1.29 is 14.3 Å². The molecule has 5 nitrogen and oxygen atoms in total. The average Bonchev–Trinajstić information content (AvgIpc) is 2.37. The topological polar surface area (TPSA) is 67.4 Å². The van der Waals surface area contributed by atoms with Gasteiger partial charge in [-0.25, -0.2) is 0 Å². The standard InChI is InChI=1S/C12H16N2O3S/c1-3-17-10-6-4-9(5-7-10)12(16)14-13-11(15)8-18-2/h4-7H,3,8H2,1-2H3,(H,13,15)(H,14,16). The van der Waals surface area contributed by atoms with Crippen molar-refractivity contribution in [2.24, 2.45) is 0 Å². The highest BCUT2D eigenvalue weighted by molar-refractivity contribution is 7.99. The summed E-state index contributed by atoms with van der Waals surface area (Å²) in [6, 6.07) is 6.70. The molecule has 0 spiro atoms. The van der Waals surface area contributed by atoms with Gasteiger partial charge < -0.3 is 4.74 Å². The third-order valence-corrected chi connectivity index (χ3v) is 2.57. The summed E-state index contributed by atoms with van der Waals surface area (Å²) in [5.41, 5.74) is 5.13. The number of hydrazine groups is 1. The average molecular weight is 268 g/mol. The quantitative estimate of drug-likeness (QED) is 0.788. The van der Waals surface area contributed by atoms with Crippen LogP contribution < -0.4 is 15.6 Å². The maximum absolute atomic E-state index is 11.6. The molecule has 1 aromatic rings. The van der Waals surface area contributed by atoms with Crippen molar-refractivity contribution >= 4 is 23.6 Å². The van der Waals surface area contributed by atoms with Crippen molar-refractivity contribution in [3.63, 3.8) is 0 Å². The molecule has 0 aliphatic rings. The van der Waals surface area contributed by atoms with Crippen LogP contribution in [0.1, 0.15) is 17.3 Å². The highest BCUT2D eigenvalue weighted by Gasteiger charge is 2.06. The molecule has 0 aromatic heterocycles. The summed E-state index contributed by atoms with van der Waals surface area (Å²) in [5, 5.41) is 0. The monoisotopic (exact) mass is 268 g/mol. The van der Waals surface area contributed by atoms with Gasteiger partial charge in [0, 0.05) is 5.56 Å². The van der Waals surface area contributed by atoms with Gasteiger partial charge in [0.2, 0.25) is 5.91 Å². The number of ether oxygens (including phenoxy) is 1. The van der Waals surface area contributed by atoms with Gasteiger partial charge in [-0.05, 0) is 37.4 Å². The zero-order chi connectivity index (χ0) is 13.4. The van der Waals surface area contributed by atoms with Crippen molar-refractivity contribution in [3.05, 3.63) is 29.8 Å². The summed E-state index contributed by atoms with van der Waals surface area (Å²) in [6.45, 7) is 2.47. The zero-order valence-corrected chi connectivity index (χ0v) is 11.2. The molecule has 0 atom stereocenters. The lowest BCUT2D eigenvalue weighted by Crippen LogP contribution is -2.42. The first-order valence-electron chi connectivity index (χ1n) is 5.48. The van der Waals surface area contributed by atoms with E-state index in [1.54, 1.807) is 24.3 Å². The number of hydrogen-bond donors (Lipinski definition) is 2. The Kier molecular flexibility index (Phi) is 6.07. The molecule has 98 valence electrons. The van der Waals surface area contributed by atoms with E-state index in [0.717, 1.165) is 0 Å². The van der Waals surface area contributed by atoms with Gasteiger partial charge in [-0.15, -0.1) is 0 Å². The predicted octanol–water partition coefficient (Wildman–Crippen LogP) is 1.21. The van der Waals surface area contributed by atoms with E-state index in [2.05, 4.69) is 10.9 Å². The van der Waals surface area contributed by atoms with E-state index in [1.165, 1.54) is 11.8 Å². The van der Waals surface area contributed by atoms with E-state index in [0.29, 0.717) is 23.7 Å². The van der Waals surface area contributed by atoms with Gasteiger partial charge >= 0.3 is 0 Å². The Bertz CT molecular complexity index is 406. The Labute approximate surface area is 110 Å². The highest BCUT2D eigenvalue weighted by Crippen LogP contribution is 2.11. The molecular weight excluding hydrogens is 252 g/mol. The van der Waals surface area contributed by atoms with Gasteiger partial charge in [-0.1, -0.05) is 0 Å². The Balaban J connectivity index is 2.48. The molecule has 0 saturated carbocycles. The van der Waals surface area contributed by atoms with E-state index < -0.39 is 0 Å². The lowest BCUT2D eigenvalue weighted by atomic mass is 10.2. The molecule has 0 radical (unpaired) electrons. The van der Waals surface area contributed by atoms with Crippen LogP contribution in [-0.4, -0.2) is 30.4 Å². The molecule has 0 fully saturated rings. The largest absolute Gasteiger partial charge is 0.494 e. The van der Waals surface area contributed by atoms with Crippen LogP contribution in [0, 0.1) is 0 Å². The minimum Gasteiger partial charge on any atom is -0.494 e. The summed E-state index contributed by atoms with van der Waals surface area (Å²) in [7, 11) is 0. The molecule has 0 heterocycles. The van der Waals surface area contributed by atoms with Gasteiger partial charge in [0.25, 0.3) is 5.91 Å². The van der Waals surface area contributed by atoms with Crippen LogP contribution in [0.15, 0.2) is 24.3 Å². The summed E-state index contributed by atoms with van der Waals surface area (Å²) in [6.07, 6.45) is 1.81. The first-order chi connectivity index (χ1) is 8.67. The molecule has 0 bridgehead atoms. The van der Waals surface area contributed by atoms with Crippen LogP contribution >= 0.6 is 11.8 Å². The molecule has 2 amide bonds. The van der Waals surface area contributed by atoms with Gasteiger partial charge in [0.05, 0.1) is 12.4 Å². The normalized spacial score (nSPS) is 9.67. The third kappa shape index (κ3) is 4.67. The van der Waals surface area contributed by atoms with E-state index in [-0.39, 0.29) is 11.8 Å². The number of benzene rings is 1. The number of thioether (sulfide) groups is 1. The van der Waals surface area contributed by atoms with Gasteiger partial charge in [0.15, 0.2) is 0 Å². The number of amides is 2. The van der Waals surface area contributed by atoms with E-state index in [4.69, 9.17) is 4.74 Å². The van der Waals surface area contributed by atoms with Gasteiger partial charge in [-0.2, -0.15) is 11.8 Å². The molecule has 2 N–H and O–H groups in total. The third-order valence-electron chi connectivity index (χ3n) is 2.02. The number of carbonyl (C=O) groups is 2. The Morgan fingerprint density at radius 3 is 2.44 bits per heavy atom. The molecule has 0 unspecified atom stereocenters. The summed E-state index contributed by atoms with van der Waals surface area (Å²) in [4.78, 5) is 22.8. The maximum atomic E-state index is 11.6. The van der Waals surface area contributed by atoms with Crippen LogP contribution in [-0.2, 0) is 4.79 Å². The number of carbonyl (C=O) groups excluding carboxylic acids is 2. The Morgan fingerprint density at radius 1 is 1.22 bits per heavy atom. The fourth-order valence-electron chi connectivity index (χ4n) is 1.24. The Morgan fingerprint density at radius 2 is 1.89 bits per heavy atom. The van der Waals surface area contributed by atoms with Crippen molar-refractivity contribution in [2.45, 2.75) is 6.92 Å². The first-order valence-corrected chi connectivity index (χ1v) is 6.87. The van der Waals surface area contributed by atoms with Gasteiger partial charge in [0.1, 0.15) is 5.75 Å². The van der Waals surface area contributed by atoms with Crippen molar-refractivity contribution in [2.75, 3.05) is 18.6 Å². The molecule has 0 aliphatic heterocycles. The molecule has 0 aliphatic carbocycles. The van der Waals surface area contributed by atoms with Crippen LogP contribution in [0.25, 0.3) is 0 Å². The second kappa shape index (κ2) is 7.60.